The highest BCUT2D eigenvalue weighted by Gasteiger charge is 2.36. The number of amides is 3. The van der Waals surface area contributed by atoms with Gasteiger partial charge in [0.05, 0.1) is 11.1 Å². The van der Waals surface area contributed by atoms with Gasteiger partial charge >= 0.3 is 6.01 Å². The van der Waals surface area contributed by atoms with E-state index in [0.717, 1.165) is 42.0 Å². The van der Waals surface area contributed by atoms with Crippen molar-refractivity contribution in [3.05, 3.63) is 52.8 Å². The Morgan fingerprint density at radius 3 is 2.17 bits per heavy atom. The van der Waals surface area contributed by atoms with Gasteiger partial charge in [-0.05, 0) is 57.7 Å². The zero-order chi connectivity index (χ0) is 21.3. The molecule has 1 aromatic heterocycles. The Balaban J connectivity index is 1.27. The number of imide groups is 1. The fourth-order valence-corrected chi connectivity index (χ4v) is 4.02. The summed E-state index contributed by atoms with van der Waals surface area (Å²) in [6, 6.07) is 8.91. The lowest BCUT2D eigenvalue weighted by Gasteiger charge is -2.29. The van der Waals surface area contributed by atoms with E-state index < -0.39 is 11.8 Å². The maximum absolute atomic E-state index is 12.4. The van der Waals surface area contributed by atoms with Crippen molar-refractivity contribution < 1.29 is 19.1 Å². The van der Waals surface area contributed by atoms with E-state index in [-0.39, 0.29) is 24.6 Å². The van der Waals surface area contributed by atoms with E-state index in [0.29, 0.717) is 17.1 Å². The molecule has 0 atom stereocenters. The molecule has 1 aromatic carbocycles. The predicted molar refractivity (Wildman–Crippen MR) is 108 cm³/mol. The van der Waals surface area contributed by atoms with Gasteiger partial charge in [-0.2, -0.15) is 0 Å². The molecular weight excluding hydrogens is 384 g/mol. The molecule has 0 spiro atoms. The molecule has 2 aliphatic rings. The second-order valence-electron chi connectivity index (χ2n) is 7.83. The normalized spacial score (nSPS) is 20.8. The summed E-state index contributed by atoms with van der Waals surface area (Å²) in [6.07, 6.45) is 3.06. The summed E-state index contributed by atoms with van der Waals surface area (Å²) in [6.45, 7) is 3.55. The van der Waals surface area contributed by atoms with Crippen LogP contribution in [0.25, 0.3) is 0 Å². The Kier molecular flexibility index (Phi) is 5.48. The van der Waals surface area contributed by atoms with Crippen LogP contribution in [0.15, 0.2) is 30.3 Å². The quantitative estimate of drug-likeness (QED) is 0.761. The average Bonchev–Trinajstić information content (AvgIpc) is 2.94. The van der Waals surface area contributed by atoms with Crippen molar-refractivity contribution in [1.29, 1.82) is 0 Å². The molecule has 2 heterocycles. The van der Waals surface area contributed by atoms with Gasteiger partial charge in [0.15, 0.2) is 0 Å². The van der Waals surface area contributed by atoms with Crippen LogP contribution < -0.4 is 10.1 Å². The number of carbonyl (C=O) groups is 3. The Labute approximate surface area is 174 Å². The smallest absolute Gasteiger partial charge is 0.317 e. The molecule has 0 unspecified atom stereocenters. The third-order valence-corrected chi connectivity index (χ3v) is 5.45. The lowest BCUT2D eigenvalue weighted by atomic mass is 9.93. The van der Waals surface area contributed by atoms with Gasteiger partial charge in [-0.15, -0.1) is 0 Å². The maximum Gasteiger partial charge on any atom is 0.317 e. The van der Waals surface area contributed by atoms with Crippen LogP contribution in [0.4, 0.5) is 0 Å². The van der Waals surface area contributed by atoms with Crippen molar-refractivity contribution in [3.8, 4) is 6.01 Å². The molecule has 0 saturated heterocycles. The minimum Gasteiger partial charge on any atom is -0.460 e. The van der Waals surface area contributed by atoms with Crippen molar-refractivity contribution in [2.24, 2.45) is 0 Å². The van der Waals surface area contributed by atoms with Gasteiger partial charge in [-0.1, -0.05) is 12.1 Å². The summed E-state index contributed by atoms with van der Waals surface area (Å²) >= 11 is 0. The predicted octanol–water partition coefficient (Wildman–Crippen LogP) is 2.20. The highest BCUT2D eigenvalue weighted by molar-refractivity contribution is 6.22. The minimum atomic E-state index is -0.420. The number of hydrogen-bond acceptors (Lipinski definition) is 6. The number of fused-ring (bicyclic) bond motifs is 1. The monoisotopic (exact) mass is 408 g/mol. The zero-order valence-corrected chi connectivity index (χ0v) is 17.1. The maximum atomic E-state index is 12.4. The van der Waals surface area contributed by atoms with Crippen LogP contribution in [0.2, 0.25) is 0 Å². The van der Waals surface area contributed by atoms with Crippen molar-refractivity contribution in [1.82, 2.24) is 20.2 Å². The molecule has 1 N–H and O–H groups in total. The topological polar surface area (TPSA) is 101 Å². The molecule has 0 radical (unpaired) electrons. The van der Waals surface area contributed by atoms with Gasteiger partial charge in [0.2, 0.25) is 5.91 Å². The first-order valence-electron chi connectivity index (χ1n) is 10.1. The fraction of sp³-hybridized carbons (Fsp3) is 0.409. The molecule has 30 heavy (non-hydrogen) atoms. The first-order valence-corrected chi connectivity index (χ1v) is 10.1. The largest absolute Gasteiger partial charge is 0.460 e. The van der Waals surface area contributed by atoms with Crippen LogP contribution in [0, 0.1) is 13.8 Å². The van der Waals surface area contributed by atoms with E-state index in [9.17, 15) is 14.4 Å². The van der Waals surface area contributed by atoms with Crippen LogP contribution in [0.5, 0.6) is 6.01 Å². The minimum absolute atomic E-state index is 0.00676. The molecule has 2 aromatic rings. The second kappa shape index (κ2) is 8.22. The molecule has 1 aliphatic carbocycles. The van der Waals surface area contributed by atoms with Gasteiger partial charge in [0.25, 0.3) is 11.8 Å². The number of nitrogens with zero attached hydrogens (tertiary/aromatic N) is 3. The fourth-order valence-electron chi connectivity index (χ4n) is 4.02. The molecule has 156 valence electrons. The molecule has 3 amide bonds. The first-order chi connectivity index (χ1) is 14.4. The number of aromatic nitrogens is 2. The molecule has 8 heteroatoms. The molecule has 8 nitrogen and oxygen atoms in total. The summed E-state index contributed by atoms with van der Waals surface area (Å²) in [7, 11) is 0. The van der Waals surface area contributed by atoms with Gasteiger partial charge in [-0.25, -0.2) is 9.97 Å². The number of ether oxygens (including phenoxy) is 1. The van der Waals surface area contributed by atoms with Crippen LogP contribution in [-0.4, -0.2) is 51.3 Å². The van der Waals surface area contributed by atoms with Crippen LogP contribution in [0.3, 0.4) is 0 Å². The number of aryl methyl sites for hydroxylation is 2. The van der Waals surface area contributed by atoms with Crippen LogP contribution in [-0.2, 0) is 4.79 Å². The van der Waals surface area contributed by atoms with Crippen LogP contribution >= 0.6 is 0 Å². The molecule has 1 aliphatic heterocycles. The molecule has 0 bridgehead atoms. The lowest BCUT2D eigenvalue weighted by Crippen LogP contribution is -2.45. The zero-order valence-electron chi connectivity index (χ0n) is 17.1. The van der Waals surface area contributed by atoms with Gasteiger partial charge < -0.3 is 10.1 Å². The molecule has 1 fully saturated rings. The SMILES string of the molecule is Cc1cc(C)nc(OC2CCC(NC(=O)CN3C(=O)c4ccccc4C3=O)CC2)n1. The molecular formula is C22H24N4O4. The number of rotatable bonds is 5. The van der Waals surface area contributed by atoms with Crippen molar-refractivity contribution in [2.75, 3.05) is 6.54 Å². The van der Waals surface area contributed by atoms with E-state index in [4.69, 9.17) is 4.74 Å². The summed E-state index contributed by atoms with van der Waals surface area (Å²) in [4.78, 5) is 46.9. The third kappa shape index (κ3) is 4.17. The Bertz CT molecular complexity index is 943. The van der Waals surface area contributed by atoms with Crippen molar-refractivity contribution in [3.63, 3.8) is 0 Å². The number of hydrogen-bond donors (Lipinski definition) is 1. The molecule has 1 saturated carbocycles. The summed E-state index contributed by atoms with van der Waals surface area (Å²) in [5.41, 5.74) is 2.43. The summed E-state index contributed by atoms with van der Waals surface area (Å²) < 4.78 is 5.91. The van der Waals surface area contributed by atoms with E-state index in [1.807, 2.05) is 19.9 Å². The standard InChI is InChI=1S/C22H24N4O4/c1-13-11-14(2)24-22(23-13)30-16-9-7-15(8-10-16)25-19(27)12-26-20(28)17-5-3-4-6-18(17)21(26)29/h3-6,11,15-16H,7-10,12H2,1-2H3,(H,25,27). The van der Waals surface area contributed by atoms with Gasteiger partial charge in [-0.3, -0.25) is 19.3 Å². The summed E-state index contributed by atoms with van der Waals surface area (Å²) in [5, 5.41) is 2.94. The third-order valence-electron chi connectivity index (χ3n) is 5.45. The average molecular weight is 408 g/mol. The van der Waals surface area contributed by atoms with Gasteiger partial charge in [0, 0.05) is 17.4 Å². The van der Waals surface area contributed by atoms with Crippen molar-refractivity contribution in [2.45, 2.75) is 51.7 Å². The highest BCUT2D eigenvalue weighted by atomic mass is 16.5. The Hall–Kier alpha value is -3.29. The highest BCUT2D eigenvalue weighted by Crippen LogP contribution is 2.24. The van der Waals surface area contributed by atoms with Crippen molar-refractivity contribution >= 4 is 17.7 Å². The Morgan fingerprint density at radius 2 is 1.60 bits per heavy atom. The van der Waals surface area contributed by atoms with Gasteiger partial charge in [0.1, 0.15) is 12.6 Å². The Morgan fingerprint density at radius 1 is 1.03 bits per heavy atom. The first kappa shape index (κ1) is 20.0. The van der Waals surface area contributed by atoms with E-state index in [1.165, 1.54) is 0 Å². The number of benzene rings is 1. The lowest BCUT2D eigenvalue weighted by molar-refractivity contribution is -0.122. The summed E-state index contributed by atoms with van der Waals surface area (Å²) in [5.74, 6) is -1.17. The van der Waals surface area contributed by atoms with E-state index in [1.54, 1.807) is 24.3 Å². The van der Waals surface area contributed by atoms with E-state index in [2.05, 4.69) is 15.3 Å². The van der Waals surface area contributed by atoms with E-state index >= 15 is 0 Å². The number of nitrogens with one attached hydrogen (secondary N) is 1. The van der Waals surface area contributed by atoms with Crippen LogP contribution in [0.1, 0.15) is 57.8 Å². The molecule has 4 rings (SSSR count). The second-order valence-corrected chi connectivity index (χ2v) is 7.83. The number of carbonyl (C=O) groups excluding carboxylic acids is 3.